The van der Waals surface area contributed by atoms with Crippen LogP contribution in [0, 0.1) is 0 Å². The molecule has 2 aromatic rings. The average molecular weight is 409 g/mol. The van der Waals surface area contributed by atoms with Gasteiger partial charge in [-0.2, -0.15) is 0 Å². The number of aliphatic hydroxyl groups is 1. The van der Waals surface area contributed by atoms with Gasteiger partial charge in [-0.05, 0) is 50.3 Å². The van der Waals surface area contributed by atoms with Gasteiger partial charge in [0, 0.05) is 31.0 Å². The number of likely N-dealkylation sites (N-methyl/N-ethyl adjacent to an activating group) is 1. The molecule has 1 atom stereocenters. The third kappa shape index (κ3) is 4.52. The Kier molecular flexibility index (Phi) is 6.84. The van der Waals surface area contributed by atoms with Gasteiger partial charge in [-0.3, -0.25) is 14.6 Å². The van der Waals surface area contributed by atoms with Crippen LogP contribution in [-0.4, -0.2) is 65.4 Å². The van der Waals surface area contributed by atoms with Crippen LogP contribution in [0.2, 0.25) is 0 Å². The molecule has 30 heavy (non-hydrogen) atoms. The molecule has 2 heterocycles. The van der Waals surface area contributed by atoms with Crippen molar-refractivity contribution in [2.45, 2.75) is 19.4 Å². The minimum Gasteiger partial charge on any atom is -0.507 e. The van der Waals surface area contributed by atoms with Crippen LogP contribution in [0.1, 0.15) is 30.5 Å². The van der Waals surface area contributed by atoms with Crippen molar-refractivity contribution in [2.75, 3.05) is 33.8 Å². The molecule has 0 aliphatic carbocycles. The van der Waals surface area contributed by atoms with Gasteiger partial charge in [0.05, 0.1) is 18.2 Å². The fourth-order valence-corrected chi connectivity index (χ4v) is 3.42. The Morgan fingerprint density at radius 2 is 1.93 bits per heavy atom. The molecule has 0 spiro atoms. The van der Waals surface area contributed by atoms with Gasteiger partial charge in [-0.25, -0.2) is 0 Å². The number of amides is 1. The van der Waals surface area contributed by atoms with Crippen LogP contribution in [-0.2, 0) is 9.59 Å². The van der Waals surface area contributed by atoms with Crippen molar-refractivity contribution in [3.05, 3.63) is 65.5 Å². The highest BCUT2D eigenvalue weighted by molar-refractivity contribution is 6.46. The molecule has 7 nitrogen and oxygen atoms in total. The highest BCUT2D eigenvalue weighted by Crippen LogP contribution is 2.39. The first-order valence-electron chi connectivity index (χ1n) is 10.00. The van der Waals surface area contributed by atoms with Crippen LogP contribution in [0.25, 0.3) is 5.76 Å². The Labute approximate surface area is 176 Å². The van der Waals surface area contributed by atoms with Gasteiger partial charge < -0.3 is 19.6 Å². The molecule has 1 aromatic heterocycles. The highest BCUT2D eigenvalue weighted by atomic mass is 16.5. The van der Waals surface area contributed by atoms with Gasteiger partial charge in [0.2, 0.25) is 0 Å². The Morgan fingerprint density at radius 3 is 2.60 bits per heavy atom. The number of aliphatic hydroxyl groups excluding tert-OH is 1. The standard InChI is InChI=1S/C23H27N3O4/c1-4-14-30-18-7-5-6-17(15-18)21(27)19-20(16-8-10-24-11-9-16)26(13-12-25(2)3)23(29)22(19)28/h5-11,15,20,27H,4,12-14H2,1-3H3/b21-19-. The summed E-state index contributed by atoms with van der Waals surface area (Å²) in [6, 6.07) is 9.77. The number of ether oxygens (including phenoxy) is 1. The van der Waals surface area contributed by atoms with Crippen LogP contribution >= 0.6 is 0 Å². The zero-order valence-corrected chi connectivity index (χ0v) is 17.5. The molecule has 1 aromatic carbocycles. The molecular formula is C23H27N3O4. The first-order valence-corrected chi connectivity index (χ1v) is 10.00. The van der Waals surface area contributed by atoms with E-state index in [0.717, 1.165) is 12.0 Å². The monoisotopic (exact) mass is 409 g/mol. The van der Waals surface area contributed by atoms with Crippen LogP contribution in [0.4, 0.5) is 0 Å². The molecule has 158 valence electrons. The fraction of sp³-hybridized carbons (Fsp3) is 0.348. The summed E-state index contributed by atoms with van der Waals surface area (Å²) in [5.74, 6) is -0.904. The molecule has 3 rings (SSSR count). The first-order chi connectivity index (χ1) is 14.4. The van der Waals surface area contributed by atoms with Gasteiger partial charge in [-0.15, -0.1) is 0 Å². The molecule has 7 heteroatoms. The van der Waals surface area contributed by atoms with E-state index in [4.69, 9.17) is 4.74 Å². The molecule has 1 unspecified atom stereocenters. The first kappa shape index (κ1) is 21.5. The topological polar surface area (TPSA) is 83.0 Å². The summed E-state index contributed by atoms with van der Waals surface area (Å²) in [5.41, 5.74) is 1.24. The zero-order valence-electron chi connectivity index (χ0n) is 17.5. The fourth-order valence-electron chi connectivity index (χ4n) is 3.42. The number of hydrogen-bond acceptors (Lipinski definition) is 6. The lowest BCUT2D eigenvalue weighted by atomic mass is 9.96. The van der Waals surface area contributed by atoms with E-state index in [1.165, 1.54) is 4.90 Å². The third-order valence-electron chi connectivity index (χ3n) is 4.93. The number of hydrogen-bond donors (Lipinski definition) is 1. The van der Waals surface area contributed by atoms with E-state index in [2.05, 4.69) is 4.98 Å². The molecule has 0 bridgehead atoms. The molecule has 1 fully saturated rings. The molecular weight excluding hydrogens is 382 g/mol. The average Bonchev–Trinajstić information content (AvgIpc) is 3.01. The Bertz CT molecular complexity index is 940. The van der Waals surface area contributed by atoms with Crippen molar-refractivity contribution in [2.24, 2.45) is 0 Å². The summed E-state index contributed by atoms with van der Waals surface area (Å²) in [4.78, 5) is 33.3. The summed E-state index contributed by atoms with van der Waals surface area (Å²) in [5, 5.41) is 11.1. The number of nitrogens with zero attached hydrogens (tertiary/aromatic N) is 3. The number of benzene rings is 1. The predicted octanol–water partition coefficient (Wildman–Crippen LogP) is 2.85. The number of carbonyl (C=O) groups excluding carboxylic acids is 2. The second kappa shape index (κ2) is 9.54. The van der Waals surface area contributed by atoms with E-state index in [1.54, 1.807) is 48.8 Å². The molecule has 1 aliphatic rings. The molecule has 1 aliphatic heterocycles. The number of ketones is 1. The Hall–Kier alpha value is -3.19. The van der Waals surface area contributed by atoms with E-state index >= 15 is 0 Å². The van der Waals surface area contributed by atoms with Gasteiger partial charge in [-0.1, -0.05) is 19.1 Å². The minimum absolute atomic E-state index is 0.0811. The lowest BCUT2D eigenvalue weighted by Gasteiger charge is -2.26. The summed E-state index contributed by atoms with van der Waals surface area (Å²) in [6.45, 7) is 3.51. The van der Waals surface area contributed by atoms with Crippen LogP contribution in [0.5, 0.6) is 5.75 Å². The summed E-state index contributed by atoms with van der Waals surface area (Å²) < 4.78 is 5.64. The quantitative estimate of drug-likeness (QED) is 0.410. The van der Waals surface area contributed by atoms with Gasteiger partial charge >= 0.3 is 0 Å². The Balaban J connectivity index is 2.07. The van der Waals surface area contributed by atoms with Crippen molar-refractivity contribution in [1.82, 2.24) is 14.8 Å². The maximum absolute atomic E-state index is 12.9. The van der Waals surface area contributed by atoms with Crippen LogP contribution in [0.15, 0.2) is 54.4 Å². The van der Waals surface area contributed by atoms with Crippen molar-refractivity contribution < 1.29 is 19.4 Å². The maximum Gasteiger partial charge on any atom is 0.295 e. The number of carbonyl (C=O) groups is 2. The van der Waals surface area contributed by atoms with E-state index in [0.29, 0.717) is 31.0 Å². The van der Waals surface area contributed by atoms with E-state index < -0.39 is 17.7 Å². The normalized spacial score (nSPS) is 18.3. The van der Waals surface area contributed by atoms with Gasteiger partial charge in [0.15, 0.2) is 0 Å². The predicted molar refractivity (Wildman–Crippen MR) is 114 cm³/mol. The van der Waals surface area contributed by atoms with Crippen molar-refractivity contribution in [3.8, 4) is 5.75 Å². The number of pyridine rings is 1. The highest BCUT2D eigenvalue weighted by Gasteiger charge is 2.45. The van der Waals surface area contributed by atoms with E-state index in [-0.39, 0.29) is 11.3 Å². The maximum atomic E-state index is 12.9. The van der Waals surface area contributed by atoms with Gasteiger partial charge in [0.25, 0.3) is 11.7 Å². The minimum atomic E-state index is -0.687. The molecule has 1 saturated heterocycles. The molecule has 0 radical (unpaired) electrons. The van der Waals surface area contributed by atoms with E-state index in [1.807, 2.05) is 25.9 Å². The van der Waals surface area contributed by atoms with Gasteiger partial charge in [0.1, 0.15) is 11.5 Å². The molecule has 0 saturated carbocycles. The smallest absolute Gasteiger partial charge is 0.295 e. The summed E-state index contributed by atoms with van der Waals surface area (Å²) in [6.07, 6.45) is 4.08. The van der Waals surface area contributed by atoms with Crippen molar-refractivity contribution in [1.29, 1.82) is 0 Å². The van der Waals surface area contributed by atoms with Crippen molar-refractivity contribution >= 4 is 17.4 Å². The summed E-state index contributed by atoms with van der Waals surface area (Å²) >= 11 is 0. The number of rotatable bonds is 8. The Morgan fingerprint density at radius 1 is 1.20 bits per heavy atom. The zero-order chi connectivity index (χ0) is 21.7. The SMILES string of the molecule is CCCOc1cccc(/C(O)=C2/C(=O)C(=O)N(CCN(C)C)C2c2ccncc2)c1. The largest absolute Gasteiger partial charge is 0.507 e. The number of likely N-dealkylation sites (tertiary alicyclic amines) is 1. The molecule has 1 amide bonds. The second-order valence-electron chi connectivity index (χ2n) is 7.45. The lowest BCUT2D eigenvalue weighted by molar-refractivity contribution is -0.140. The lowest BCUT2D eigenvalue weighted by Crippen LogP contribution is -2.35. The van der Waals surface area contributed by atoms with E-state index in [9.17, 15) is 14.7 Å². The third-order valence-corrected chi connectivity index (χ3v) is 4.93. The van der Waals surface area contributed by atoms with Crippen molar-refractivity contribution in [3.63, 3.8) is 0 Å². The van der Waals surface area contributed by atoms with Crippen LogP contribution < -0.4 is 4.74 Å². The summed E-state index contributed by atoms with van der Waals surface area (Å²) in [7, 11) is 3.81. The second-order valence-corrected chi connectivity index (χ2v) is 7.45. The van der Waals surface area contributed by atoms with Crippen LogP contribution in [0.3, 0.4) is 0 Å². The number of Topliss-reactive ketones (excluding diaryl/α,β-unsaturated/α-hetero) is 1. The number of aromatic nitrogens is 1. The molecule has 1 N–H and O–H groups in total.